The number of fused-ring (bicyclic) bond motifs is 1. The van der Waals surface area contributed by atoms with Gasteiger partial charge in [-0.2, -0.15) is 0 Å². The minimum Gasteiger partial charge on any atom is -0.495 e. The molecular weight excluding hydrogens is 404 g/mol. The molecular formula is C22H24N2O5S. The number of anilines is 1. The van der Waals surface area contributed by atoms with Crippen molar-refractivity contribution in [3.8, 4) is 11.5 Å². The van der Waals surface area contributed by atoms with Crippen LogP contribution < -0.4 is 19.5 Å². The van der Waals surface area contributed by atoms with Crippen molar-refractivity contribution in [3.05, 3.63) is 60.7 Å². The number of amides is 1. The summed E-state index contributed by atoms with van der Waals surface area (Å²) in [6, 6.07) is 17.3. The minimum atomic E-state index is -3.71. The topological polar surface area (TPSA) is 93.7 Å². The van der Waals surface area contributed by atoms with Crippen LogP contribution in [-0.4, -0.2) is 34.1 Å². The van der Waals surface area contributed by atoms with Gasteiger partial charge in [0, 0.05) is 11.4 Å². The third-order valence-electron chi connectivity index (χ3n) is 4.25. The zero-order valence-corrected chi connectivity index (χ0v) is 17.8. The van der Waals surface area contributed by atoms with Crippen LogP contribution >= 0.6 is 0 Å². The van der Waals surface area contributed by atoms with Gasteiger partial charge in [-0.25, -0.2) is 13.1 Å². The summed E-state index contributed by atoms with van der Waals surface area (Å²) in [7, 11) is -2.27. The van der Waals surface area contributed by atoms with E-state index in [1.165, 1.54) is 25.3 Å². The monoisotopic (exact) mass is 428 g/mol. The third kappa shape index (κ3) is 5.08. The van der Waals surface area contributed by atoms with E-state index >= 15 is 0 Å². The number of carbonyl (C=O) groups is 1. The van der Waals surface area contributed by atoms with Gasteiger partial charge < -0.3 is 14.8 Å². The van der Waals surface area contributed by atoms with Crippen LogP contribution in [0.25, 0.3) is 10.8 Å². The number of sulfonamides is 1. The average Bonchev–Trinajstić information content (AvgIpc) is 2.71. The number of nitrogens with one attached hydrogen (secondary N) is 2. The summed E-state index contributed by atoms with van der Waals surface area (Å²) < 4.78 is 38.3. The first-order valence-corrected chi connectivity index (χ1v) is 10.9. The smallest absolute Gasteiger partial charge is 0.262 e. The molecule has 0 saturated carbocycles. The summed E-state index contributed by atoms with van der Waals surface area (Å²) in [4.78, 5) is 12.5. The maximum atomic E-state index is 12.5. The lowest BCUT2D eigenvalue weighted by atomic mass is 10.1. The van der Waals surface area contributed by atoms with Gasteiger partial charge in [0.15, 0.2) is 6.61 Å². The Morgan fingerprint density at radius 1 is 1.00 bits per heavy atom. The number of ether oxygens (including phenoxy) is 2. The molecule has 8 heteroatoms. The molecule has 0 aliphatic carbocycles. The van der Waals surface area contributed by atoms with E-state index in [1.807, 2.05) is 36.4 Å². The first-order valence-electron chi connectivity index (χ1n) is 9.41. The van der Waals surface area contributed by atoms with Gasteiger partial charge in [0.1, 0.15) is 11.5 Å². The molecule has 0 radical (unpaired) electrons. The van der Waals surface area contributed by atoms with Crippen LogP contribution in [0.2, 0.25) is 0 Å². The maximum Gasteiger partial charge on any atom is 0.262 e. The molecule has 0 atom stereocenters. The van der Waals surface area contributed by atoms with E-state index in [0.29, 0.717) is 11.5 Å². The summed E-state index contributed by atoms with van der Waals surface area (Å²) in [6.45, 7) is 3.22. The number of rotatable bonds is 8. The molecule has 2 N–H and O–H groups in total. The molecule has 0 fully saturated rings. The van der Waals surface area contributed by atoms with Gasteiger partial charge in [-0.3, -0.25) is 4.79 Å². The van der Waals surface area contributed by atoms with Crippen LogP contribution in [0, 0.1) is 0 Å². The van der Waals surface area contributed by atoms with E-state index in [1.54, 1.807) is 19.9 Å². The molecule has 3 aromatic rings. The number of benzene rings is 3. The molecule has 158 valence electrons. The van der Waals surface area contributed by atoms with Crippen LogP contribution in [-0.2, 0) is 14.8 Å². The molecule has 0 aromatic heterocycles. The van der Waals surface area contributed by atoms with Crippen LogP contribution in [0.3, 0.4) is 0 Å². The maximum absolute atomic E-state index is 12.5. The number of methoxy groups -OCH3 is 1. The van der Waals surface area contributed by atoms with Crippen molar-refractivity contribution < 1.29 is 22.7 Å². The van der Waals surface area contributed by atoms with Gasteiger partial charge in [0.05, 0.1) is 17.7 Å². The second-order valence-corrected chi connectivity index (χ2v) is 8.67. The molecule has 0 unspecified atom stereocenters. The van der Waals surface area contributed by atoms with E-state index in [9.17, 15) is 13.2 Å². The van der Waals surface area contributed by atoms with E-state index in [2.05, 4.69) is 10.0 Å². The minimum absolute atomic E-state index is 0.0299. The first-order chi connectivity index (χ1) is 14.3. The second kappa shape index (κ2) is 9.15. The van der Waals surface area contributed by atoms with E-state index in [0.717, 1.165) is 10.8 Å². The Bertz CT molecular complexity index is 1150. The summed E-state index contributed by atoms with van der Waals surface area (Å²) in [5, 5.41) is 4.57. The van der Waals surface area contributed by atoms with Crippen molar-refractivity contribution in [2.45, 2.75) is 24.8 Å². The molecule has 3 rings (SSSR count). The highest BCUT2D eigenvalue weighted by Crippen LogP contribution is 2.28. The summed E-state index contributed by atoms with van der Waals surface area (Å²) in [5.74, 6) is 0.497. The van der Waals surface area contributed by atoms with Crippen molar-refractivity contribution >= 4 is 32.4 Å². The molecule has 0 aliphatic rings. The Balaban J connectivity index is 1.76. The lowest BCUT2D eigenvalue weighted by molar-refractivity contribution is -0.118. The lowest BCUT2D eigenvalue weighted by Gasteiger charge is -2.14. The van der Waals surface area contributed by atoms with E-state index in [-0.39, 0.29) is 23.2 Å². The fourth-order valence-electron chi connectivity index (χ4n) is 2.98. The Labute approximate surface area is 176 Å². The molecule has 3 aromatic carbocycles. The van der Waals surface area contributed by atoms with Gasteiger partial charge >= 0.3 is 0 Å². The Hall–Kier alpha value is -3.10. The largest absolute Gasteiger partial charge is 0.495 e. The highest BCUT2D eigenvalue weighted by molar-refractivity contribution is 7.89. The number of carbonyl (C=O) groups excluding carboxylic acids is 1. The van der Waals surface area contributed by atoms with E-state index < -0.39 is 15.9 Å². The Morgan fingerprint density at radius 2 is 1.73 bits per heavy atom. The normalized spacial score (nSPS) is 11.5. The molecule has 0 heterocycles. The predicted octanol–water partition coefficient (Wildman–Crippen LogP) is 3.55. The van der Waals surface area contributed by atoms with Crippen molar-refractivity contribution in [1.29, 1.82) is 0 Å². The van der Waals surface area contributed by atoms with Gasteiger partial charge in [0.2, 0.25) is 10.0 Å². The third-order valence-corrected chi connectivity index (χ3v) is 5.91. The summed E-state index contributed by atoms with van der Waals surface area (Å²) in [6.07, 6.45) is 0. The van der Waals surface area contributed by atoms with Gasteiger partial charge in [-0.05, 0) is 43.5 Å². The van der Waals surface area contributed by atoms with Crippen LogP contribution in [0.1, 0.15) is 13.8 Å². The van der Waals surface area contributed by atoms with Crippen molar-refractivity contribution in [2.75, 3.05) is 19.0 Å². The Kier molecular flexibility index (Phi) is 6.59. The van der Waals surface area contributed by atoms with Gasteiger partial charge in [-0.15, -0.1) is 0 Å². The van der Waals surface area contributed by atoms with Crippen LogP contribution in [0.5, 0.6) is 11.5 Å². The number of hydrogen-bond acceptors (Lipinski definition) is 5. The molecule has 0 spiro atoms. The fourth-order valence-corrected chi connectivity index (χ4v) is 4.26. The highest BCUT2D eigenvalue weighted by Gasteiger charge is 2.18. The standard InChI is InChI=1S/C22H24N2O5S/c1-15(2)24-30(26,27)17-11-12-21(28-3)19(13-17)23-22(25)14-29-20-10-6-8-16-7-4-5-9-18(16)20/h4-13,15,24H,14H2,1-3H3,(H,23,25). The molecule has 0 saturated heterocycles. The molecule has 7 nitrogen and oxygen atoms in total. The highest BCUT2D eigenvalue weighted by atomic mass is 32.2. The number of hydrogen-bond donors (Lipinski definition) is 2. The molecule has 0 aliphatic heterocycles. The quantitative estimate of drug-likeness (QED) is 0.572. The van der Waals surface area contributed by atoms with Crippen LogP contribution in [0.15, 0.2) is 65.6 Å². The fraction of sp³-hybridized carbons (Fsp3) is 0.227. The van der Waals surface area contributed by atoms with Crippen molar-refractivity contribution in [2.24, 2.45) is 0 Å². The molecule has 30 heavy (non-hydrogen) atoms. The first kappa shape index (κ1) is 21.6. The zero-order chi connectivity index (χ0) is 21.7. The van der Waals surface area contributed by atoms with Crippen molar-refractivity contribution in [1.82, 2.24) is 4.72 Å². The summed E-state index contributed by atoms with van der Waals surface area (Å²) in [5.41, 5.74) is 0.246. The van der Waals surface area contributed by atoms with Crippen molar-refractivity contribution in [3.63, 3.8) is 0 Å². The predicted molar refractivity (Wildman–Crippen MR) is 117 cm³/mol. The van der Waals surface area contributed by atoms with Gasteiger partial charge in [0.25, 0.3) is 5.91 Å². The SMILES string of the molecule is COc1ccc(S(=O)(=O)NC(C)C)cc1NC(=O)COc1cccc2ccccc12. The zero-order valence-electron chi connectivity index (χ0n) is 17.0. The molecule has 0 bridgehead atoms. The second-order valence-electron chi connectivity index (χ2n) is 6.95. The summed E-state index contributed by atoms with van der Waals surface area (Å²) >= 11 is 0. The lowest BCUT2D eigenvalue weighted by Crippen LogP contribution is -2.30. The van der Waals surface area contributed by atoms with Gasteiger partial charge in [-0.1, -0.05) is 36.4 Å². The Morgan fingerprint density at radius 3 is 2.47 bits per heavy atom. The average molecular weight is 429 g/mol. The van der Waals surface area contributed by atoms with Crippen LogP contribution in [0.4, 0.5) is 5.69 Å². The van der Waals surface area contributed by atoms with E-state index in [4.69, 9.17) is 9.47 Å². The molecule has 1 amide bonds.